The normalized spacial score (nSPS) is 47.8. The van der Waals surface area contributed by atoms with Crippen molar-refractivity contribution in [2.24, 2.45) is 23.7 Å². The van der Waals surface area contributed by atoms with Gasteiger partial charge in [-0.25, -0.2) is 0 Å². The molecule has 2 saturated carbocycles. The van der Waals surface area contributed by atoms with E-state index in [4.69, 9.17) is 0 Å². The summed E-state index contributed by atoms with van der Waals surface area (Å²) in [6.07, 6.45) is 5.72. The Labute approximate surface area is 88.7 Å². The van der Waals surface area contributed by atoms with Crippen LogP contribution in [-0.4, -0.2) is 12.6 Å². The predicted molar refractivity (Wildman–Crippen MR) is 61.2 cm³/mol. The van der Waals surface area contributed by atoms with Gasteiger partial charge < -0.3 is 5.32 Å². The first-order valence-corrected chi connectivity index (χ1v) is 6.38. The van der Waals surface area contributed by atoms with Crippen LogP contribution in [-0.2, 0) is 0 Å². The number of nitrogens with one attached hydrogen (secondary N) is 1. The summed E-state index contributed by atoms with van der Waals surface area (Å²) < 4.78 is 0. The molecule has 1 N–H and O–H groups in total. The third-order valence-electron chi connectivity index (χ3n) is 4.12. The van der Waals surface area contributed by atoms with Gasteiger partial charge in [-0.3, -0.25) is 0 Å². The molecule has 4 atom stereocenters. The van der Waals surface area contributed by atoms with E-state index < -0.39 is 0 Å². The minimum atomic E-state index is 0.821. The van der Waals surface area contributed by atoms with E-state index >= 15 is 0 Å². The van der Waals surface area contributed by atoms with Crippen molar-refractivity contribution in [2.45, 2.75) is 52.5 Å². The number of hydrogen-bond donors (Lipinski definition) is 1. The Hall–Kier alpha value is -0.0400. The molecule has 2 fully saturated rings. The first-order valence-electron chi connectivity index (χ1n) is 6.38. The van der Waals surface area contributed by atoms with E-state index in [0.717, 1.165) is 29.7 Å². The van der Waals surface area contributed by atoms with Crippen LogP contribution in [0.15, 0.2) is 0 Å². The van der Waals surface area contributed by atoms with Gasteiger partial charge in [0, 0.05) is 6.04 Å². The van der Waals surface area contributed by atoms with Gasteiger partial charge in [0.05, 0.1) is 0 Å². The zero-order chi connectivity index (χ0) is 10.1. The fourth-order valence-corrected chi connectivity index (χ4v) is 3.12. The zero-order valence-electron chi connectivity index (χ0n) is 9.92. The third kappa shape index (κ3) is 2.73. The standard InChI is InChI=1S/C13H25N/c1-9-4-10(2)6-13(5-9)14-8-12-7-11(12)3/h9-14H,4-8H2,1-3H3. The highest BCUT2D eigenvalue weighted by molar-refractivity contribution is 4.87. The first kappa shape index (κ1) is 10.5. The minimum Gasteiger partial charge on any atom is -0.314 e. The Morgan fingerprint density at radius 2 is 1.50 bits per heavy atom. The molecule has 1 heteroatoms. The van der Waals surface area contributed by atoms with Gasteiger partial charge in [0.1, 0.15) is 0 Å². The lowest BCUT2D eigenvalue weighted by atomic mass is 9.80. The van der Waals surface area contributed by atoms with Crippen molar-refractivity contribution in [1.29, 1.82) is 0 Å². The molecule has 2 aliphatic rings. The molecule has 4 unspecified atom stereocenters. The fraction of sp³-hybridized carbons (Fsp3) is 1.00. The van der Waals surface area contributed by atoms with Gasteiger partial charge in [-0.15, -0.1) is 0 Å². The topological polar surface area (TPSA) is 12.0 Å². The van der Waals surface area contributed by atoms with E-state index in [1.165, 1.54) is 32.2 Å². The van der Waals surface area contributed by atoms with Crippen LogP contribution in [0.2, 0.25) is 0 Å². The van der Waals surface area contributed by atoms with Gasteiger partial charge in [-0.1, -0.05) is 20.8 Å². The summed E-state index contributed by atoms with van der Waals surface area (Å²) in [5, 5.41) is 3.77. The highest BCUT2D eigenvalue weighted by Crippen LogP contribution is 2.37. The lowest BCUT2D eigenvalue weighted by molar-refractivity contribution is 0.237. The molecule has 0 aromatic carbocycles. The van der Waals surface area contributed by atoms with Crippen LogP contribution in [0.1, 0.15) is 46.5 Å². The van der Waals surface area contributed by atoms with Crippen LogP contribution in [0.3, 0.4) is 0 Å². The molecule has 2 aliphatic carbocycles. The second kappa shape index (κ2) is 4.22. The molecule has 1 nitrogen and oxygen atoms in total. The number of rotatable bonds is 3. The molecular weight excluding hydrogens is 170 g/mol. The van der Waals surface area contributed by atoms with Crippen molar-refractivity contribution < 1.29 is 0 Å². The van der Waals surface area contributed by atoms with E-state index in [0.29, 0.717) is 0 Å². The monoisotopic (exact) mass is 195 g/mol. The van der Waals surface area contributed by atoms with Gasteiger partial charge in [0.15, 0.2) is 0 Å². The molecule has 82 valence electrons. The quantitative estimate of drug-likeness (QED) is 0.730. The Balaban J connectivity index is 1.69. The largest absolute Gasteiger partial charge is 0.314 e. The van der Waals surface area contributed by atoms with Crippen molar-refractivity contribution in [2.75, 3.05) is 6.54 Å². The molecule has 0 saturated heterocycles. The van der Waals surface area contributed by atoms with Crippen molar-refractivity contribution >= 4 is 0 Å². The molecule has 0 amide bonds. The molecule has 0 bridgehead atoms. The summed E-state index contributed by atoms with van der Waals surface area (Å²) in [4.78, 5) is 0. The Bertz CT molecular complexity index is 180. The molecule has 0 heterocycles. The molecule has 2 rings (SSSR count). The Kier molecular flexibility index (Phi) is 3.16. The lowest BCUT2D eigenvalue weighted by Crippen LogP contribution is -2.37. The highest BCUT2D eigenvalue weighted by Gasteiger charge is 2.33. The van der Waals surface area contributed by atoms with Gasteiger partial charge in [-0.05, 0) is 55.9 Å². The van der Waals surface area contributed by atoms with E-state index in [1.807, 2.05) is 0 Å². The van der Waals surface area contributed by atoms with E-state index in [9.17, 15) is 0 Å². The summed E-state index contributed by atoms with van der Waals surface area (Å²) in [7, 11) is 0. The van der Waals surface area contributed by atoms with Crippen LogP contribution >= 0.6 is 0 Å². The SMILES string of the molecule is CC1CC(C)CC(NCC2CC2C)C1. The first-order chi connectivity index (χ1) is 6.65. The Morgan fingerprint density at radius 1 is 0.929 bits per heavy atom. The van der Waals surface area contributed by atoms with Crippen molar-refractivity contribution in [3.63, 3.8) is 0 Å². The summed E-state index contributed by atoms with van der Waals surface area (Å²) >= 11 is 0. The maximum Gasteiger partial charge on any atom is 0.00722 e. The minimum absolute atomic E-state index is 0.821. The maximum absolute atomic E-state index is 3.77. The van der Waals surface area contributed by atoms with Crippen LogP contribution in [0.25, 0.3) is 0 Å². The molecular formula is C13H25N. The van der Waals surface area contributed by atoms with Crippen LogP contribution in [0.4, 0.5) is 0 Å². The van der Waals surface area contributed by atoms with Crippen molar-refractivity contribution in [3.8, 4) is 0 Å². The molecule has 14 heavy (non-hydrogen) atoms. The van der Waals surface area contributed by atoms with Crippen LogP contribution in [0, 0.1) is 23.7 Å². The zero-order valence-corrected chi connectivity index (χ0v) is 9.92. The smallest absolute Gasteiger partial charge is 0.00722 e. The summed E-state index contributed by atoms with van der Waals surface area (Å²) in [6.45, 7) is 8.47. The van der Waals surface area contributed by atoms with Gasteiger partial charge >= 0.3 is 0 Å². The average Bonchev–Trinajstić information content (AvgIpc) is 2.77. The summed E-state index contributed by atoms with van der Waals surface area (Å²) in [6, 6.07) is 0.821. The number of hydrogen-bond acceptors (Lipinski definition) is 1. The van der Waals surface area contributed by atoms with Gasteiger partial charge in [0.2, 0.25) is 0 Å². The highest BCUT2D eigenvalue weighted by atomic mass is 14.9. The third-order valence-corrected chi connectivity index (χ3v) is 4.12. The van der Waals surface area contributed by atoms with Gasteiger partial charge in [-0.2, -0.15) is 0 Å². The molecule has 0 aromatic heterocycles. The van der Waals surface area contributed by atoms with Gasteiger partial charge in [0.25, 0.3) is 0 Å². The summed E-state index contributed by atoms with van der Waals surface area (Å²) in [5.41, 5.74) is 0. The van der Waals surface area contributed by atoms with E-state index in [-0.39, 0.29) is 0 Å². The van der Waals surface area contributed by atoms with E-state index in [2.05, 4.69) is 26.1 Å². The molecule has 0 radical (unpaired) electrons. The Morgan fingerprint density at radius 3 is 2.00 bits per heavy atom. The maximum atomic E-state index is 3.77. The molecule has 0 aromatic rings. The van der Waals surface area contributed by atoms with Crippen LogP contribution < -0.4 is 5.32 Å². The average molecular weight is 195 g/mol. The lowest BCUT2D eigenvalue weighted by Gasteiger charge is -2.32. The van der Waals surface area contributed by atoms with Crippen LogP contribution in [0.5, 0.6) is 0 Å². The van der Waals surface area contributed by atoms with E-state index in [1.54, 1.807) is 0 Å². The molecule has 0 spiro atoms. The predicted octanol–water partition coefficient (Wildman–Crippen LogP) is 3.06. The fourth-order valence-electron chi connectivity index (χ4n) is 3.12. The van der Waals surface area contributed by atoms with Crippen molar-refractivity contribution in [3.05, 3.63) is 0 Å². The summed E-state index contributed by atoms with van der Waals surface area (Å²) in [5.74, 6) is 3.88. The molecule has 0 aliphatic heterocycles. The second-order valence-electron chi connectivity index (χ2n) is 6.00. The second-order valence-corrected chi connectivity index (χ2v) is 6.00. The van der Waals surface area contributed by atoms with Crippen molar-refractivity contribution in [1.82, 2.24) is 5.32 Å².